The molecule has 0 unspecified atom stereocenters. The van der Waals surface area contributed by atoms with Crippen LogP contribution in [0, 0.1) is 0 Å². The Labute approximate surface area is 164 Å². The lowest BCUT2D eigenvalue weighted by Gasteiger charge is -2.35. The largest absolute Gasteiger partial charge is 0.338 e. The first-order valence-electron chi connectivity index (χ1n) is 10.0. The van der Waals surface area contributed by atoms with E-state index in [9.17, 15) is 14.4 Å². The monoisotopic (exact) mass is 386 g/mol. The fraction of sp³-hybridized carbons (Fsp3) is 0.632. The number of piperazine rings is 1. The van der Waals surface area contributed by atoms with Gasteiger partial charge in [-0.25, -0.2) is 14.8 Å². The molecular weight excluding hydrogens is 360 g/mol. The molecule has 9 heteroatoms. The van der Waals surface area contributed by atoms with Gasteiger partial charge in [-0.15, -0.1) is 0 Å². The molecule has 1 N–H and O–H groups in total. The summed E-state index contributed by atoms with van der Waals surface area (Å²) in [6.45, 7) is 2.10. The molecule has 28 heavy (non-hydrogen) atoms. The van der Waals surface area contributed by atoms with Gasteiger partial charge in [0, 0.05) is 38.6 Å². The van der Waals surface area contributed by atoms with Crippen molar-refractivity contribution in [3.05, 3.63) is 18.5 Å². The lowest BCUT2D eigenvalue weighted by molar-refractivity contribution is -0.139. The van der Waals surface area contributed by atoms with Crippen LogP contribution in [0.3, 0.4) is 0 Å². The minimum Gasteiger partial charge on any atom is -0.338 e. The Bertz CT molecular complexity index is 739. The second kappa shape index (κ2) is 7.73. The molecule has 1 aliphatic carbocycles. The molecule has 0 aromatic carbocycles. The molecule has 0 bridgehead atoms. The quantitative estimate of drug-likeness (QED) is 0.771. The third kappa shape index (κ3) is 3.53. The second-order valence-electron chi connectivity index (χ2n) is 7.73. The number of hydrogen-bond donors (Lipinski definition) is 1. The van der Waals surface area contributed by atoms with Crippen molar-refractivity contribution in [3.63, 3.8) is 0 Å². The molecule has 3 heterocycles. The molecule has 4 amide bonds. The molecular formula is C19H26N6O3. The van der Waals surface area contributed by atoms with Crippen LogP contribution < -0.4 is 10.2 Å². The van der Waals surface area contributed by atoms with Crippen molar-refractivity contribution in [2.45, 2.75) is 44.1 Å². The number of urea groups is 1. The SMILES string of the molecule is O=C(CN1C(=O)NC2(CCCCCC2)C1=O)N1CCN(c2ncccn2)CC1. The fourth-order valence-electron chi connectivity index (χ4n) is 4.34. The zero-order valence-electron chi connectivity index (χ0n) is 16.0. The van der Waals surface area contributed by atoms with E-state index in [1.165, 1.54) is 0 Å². The van der Waals surface area contributed by atoms with Gasteiger partial charge in [-0.2, -0.15) is 0 Å². The summed E-state index contributed by atoms with van der Waals surface area (Å²) in [7, 11) is 0. The van der Waals surface area contributed by atoms with Crippen LogP contribution >= 0.6 is 0 Å². The second-order valence-corrected chi connectivity index (χ2v) is 7.73. The summed E-state index contributed by atoms with van der Waals surface area (Å²) in [5.74, 6) is 0.228. The predicted molar refractivity (Wildman–Crippen MR) is 102 cm³/mol. The number of imide groups is 1. The van der Waals surface area contributed by atoms with Crippen molar-refractivity contribution >= 4 is 23.8 Å². The highest BCUT2D eigenvalue weighted by molar-refractivity contribution is 6.09. The Morgan fingerprint density at radius 3 is 2.29 bits per heavy atom. The number of amides is 4. The molecule has 150 valence electrons. The molecule has 3 aliphatic rings. The van der Waals surface area contributed by atoms with Crippen molar-refractivity contribution in [1.82, 2.24) is 25.1 Å². The van der Waals surface area contributed by atoms with E-state index in [1.807, 2.05) is 4.90 Å². The Hall–Kier alpha value is -2.71. The molecule has 0 radical (unpaired) electrons. The number of carbonyl (C=O) groups excluding carboxylic acids is 3. The lowest BCUT2D eigenvalue weighted by Crippen LogP contribution is -2.52. The Kier molecular flexibility index (Phi) is 5.15. The Morgan fingerprint density at radius 1 is 1.00 bits per heavy atom. The summed E-state index contributed by atoms with van der Waals surface area (Å²) in [5.41, 5.74) is -0.794. The summed E-state index contributed by atoms with van der Waals surface area (Å²) in [6, 6.07) is 1.33. The van der Waals surface area contributed by atoms with E-state index >= 15 is 0 Å². The van der Waals surface area contributed by atoms with Crippen LogP contribution in [-0.4, -0.2) is 75.9 Å². The molecule has 9 nitrogen and oxygen atoms in total. The van der Waals surface area contributed by atoms with Crippen LogP contribution in [-0.2, 0) is 9.59 Å². The standard InChI is InChI=1S/C19H26N6O3/c26-15(23-10-12-24(13-11-23)17-20-8-5-9-21-17)14-25-16(27)19(22-18(25)28)6-3-1-2-4-7-19/h5,8-9H,1-4,6-7,10-14H2,(H,22,28). The zero-order valence-corrected chi connectivity index (χ0v) is 16.0. The number of hydrogen-bond acceptors (Lipinski definition) is 6. The maximum Gasteiger partial charge on any atom is 0.325 e. The highest BCUT2D eigenvalue weighted by Crippen LogP contribution is 2.32. The number of anilines is 1. The summed E-state index contributed by atoms with van der Waals surface area (Å²) >= 11 is 0. The molecule has 1 saturated carbocycles. The van der Waals surface area contributed by atoms with Crippen LogP contribution in [0.2, 0.25) is 0 Å². The smallest absolute Gasteiger partial charge is 0.325 e. The van der Waals surface area contributed by atoms with Gasteiger partial charge in [0.05, 0.1) is 0 Å². The van der Waals surface area contributed by atoms with E-state index in [1.54, 1.807) is 23.4 Å². The van der Waals surface area contributed by atoms with Gasteiger partial charge in [0.25, 0.3) is 5.91 Å². The molecule has 1 aromatic rings. The number of rotatable bonds is 3. The number of carbonyl (C=O) groups is 3. The van der Waals surface area contributed by atoms with Gasteiger partial charge in [-0.1, -0.05) is 25.7 Å². The molecule has 4 rings (SSSR count). The van der Waals surface area contributed by atoms with Gasteiger partial charge >= 0.3 is 6.03 Å². The third-order valence-corrected chi connectivity index (χ3v) is 5.96. The Balaban J connectivity index is 1.35. The van der Waals surface area contributed by atoms with E-state index in [-0.39, 0.29) is 18.4 Å². The molecule has 1 spiro atoms. The fourth-order valence-corrected chi connectivity index (χ4v) is 4.34. The first-order chi connectivity index (χ1) is 13.6. The van der Waals surface area contributed by atoms with Crippen molar-refractivity contribution in [2.24, 2.45) is 0 Å². The summed E-state index contributed by atoms with van der Waals surface area (Å²) in [5, 5.41) is 2.89. The van der Waals surface area contributed by atoms with Crippen LogP contribution in [0.5, 0.6) is 0 Å². The summed E-state index contributed by atoms with van der Waals surface area (Å²) < 4.78 is 0. The molecule has 0 atom stereocenters. The number of nitrogens with zero attached hydrogens (tertiary/aromatic N) is 5. The third-order valence-electron chi connectivity index (χ3n) is 5.96. The first-order valence-corrected chi connectivity index (χ1v) is 10.0. The van der Waals surface area contributed by atoms with Crippen molar-refractivity contribution in [2.75, 3.05) is 37.6 Å². The molecule has 2 aliphatic heterocycles. The van der Waals surface area contributed by atoms with Crippen molar-refractivity contribution in [3.8, 4) is 0 Å². The van der Waals surface area contributed by atoms with Crippen molar-refractivity contribution < 1.29 is 14.4 Å². The predicted octanol–water partition coefficient (Wildman–Crippen LogP) is 0.770. The van der Waals surface area contributed by atoms with Gasteiger partial charge in [-0.3, -0.25) is 14.5 Å². The maximum absolute atomic E-state index is 12.9. The molecule has 2 saturated heterocycles. The van der Waals surface area contributed by atoms with Gasteiger partial charge in [0.15, 0.2) is 0 Å². The number of aromatic nitrogens is 2. The van der Waals surface area contributed by atoms with Crippen LogP contribution in [0.4, 0.5) is 10.7 Å². The van der Waals surface area contributed by atoms with Crippen molar-refractivity contribution in [1.29, 1.82) is 0 Å². The van der Waals surface area contributed by atoms with E-state index < -0.39 is 11.6 Å². The average Bonchev–Trinajstić information content (AvgIpc) is 2.88. The lowest BCUT2D eigenvalue weighted by atomic mass is 9.90. The highest BCUT2D eigenvalue weighted by atomic mass is 16.2. The minimum atomic E-state index is -0.794. The summed E-state index contributed by atoms with van der Waals surface area (Å²) in [4.78, 5) is 51.4. The van der Waals surface area contributed by atoms with Gasteiger partial charge < -0.3 is 15.1 Å². The van der Waals surface area contributed by atoms with Crippen LogP contribution in [0.1, 0.15) is 38.5 Å². The summed E-state index contributed by atoms with van der Waals surface area (Å²) in [6.07, 6.45) is 8.74. The average molecular weight is 386 g/mol. The van der Waals surface area contributed by atoms with Gasteiger partial charge in [-0.05, 0) is 18.9 Å². The molecule has 3 fully saturated rings. The number of nitrogens with one attached hydrogen (secondary N) is 1. The maximum atomic E-state index is 12.9. The topological polar surface area (TPSA) is 98.7 Å². The van der Waals surface area contributed by atoms with E-state index in [0.717, 1.165) is 30.6 Å². The highest BCUT2D eigenvalue weighted by Gasteiger charge is 2.51. The van der Waals surface area contributed by atoms with E-state index in [2.05, 4.69) is 15.3 Å². The van der Waals surface area contributed by atoms with E-state index in [4.69, 9.17) is 0 Å². The zero-order chi connectivity index (χ0) is 19.6. The minimum absolute atomic E-state index is 0.186. The van der Waals surface area contributed by atoms with Crippen LogP contribution in [0.25, 0.3) is 0 Å². The van der Waals surface area contributed by atoms with Gasteiger partial charge in [0.2, 0.25) is 11.9 Å². The van der Waals surface area contributed by atoms with Gasteiger partial charge in [0.1, 0.15) is 12.1 Å². The van der Waals surface area contributed by atoms with Crippen LogP contribution in [0.15, 0.2) is 18.5 Å². The normalized spacial score (nSPS) is 22.4. The first kappa shape index (κ1) is 18.6. The Morgan fingerprint density at radius 2 is 1.64 bits per heavy atom. The molecule has 1 aromatic heterocycles. The van der Waals surface area contributed by atoms with E-state index in [0.29, 0.717) is 45.0 Å².